The van der Waals surface area contributed by atoms with E-state index in [0.717, 1.165) is 54.7 Å². The number of amides is 1. The van der Waals surface area contributed by atoms with Crippen molar-refractivity contribution in [1.82, 2.24) is 15.1 Å². The van der Waals surface area contributed by atoms with Crippen LogP contribution in [0.4, 0.5) is 14.5 Å². The third-order valence-electron chi connectivity index (χ3n) is 6.23. The molecule has 190 valence electrons. The van der Waals surface area contributed by atoms with Crippen molar-refractivity contribution in [2.45, 2.75) is 39.8 Å². The van der Waals surface area contributed by atoms with E-state index in [0.29, 0.717) is 23.9 Å². The Morgan fingerprint density at radius 1 is 1.19 bits per heavy atom. The van der Waals surface area contributed by atoms with Crippen molar-refractivity contribution in [3.63, 3.8) is 0 Å². The molecule has 1 aliphatic heterocycles. The Bertz CT molecular complexity index is 1200. The zero-order valence-electron chi connectivity index (χ0n) is 20.5. The fraction of sp³-hybridized carbons (Fsp3) is 0.370. The van der Waals surface area contributed by atoms with E-state index in [2.05, 4.69) is 31.7 Å². The number of piperidine rings is 1. The molecule has 0 bridgehead atoms. The smallest absolute Gasteiger partial charge is 0.387 e. The molecule has 2 heterocycles. The molecule has 1 saturated heterocycles. The lowest BCUT2D eigenvalue weighted by atomic mass is 9.97. The molecule has 4 rings (SSSR count). The van der Waals surface area contributed by atoms with E-state index in [1.54, 1.807) is 0 Å². The molecule has 0 radical (unpaired) electrons. The van der Waals surface area contributed by atoms with Crippen molar-refractivity contribution in [3.05, 3.63) is 66.0 Å². The number of anilines is 1. The topological polar surface area (TPSA) is 80.5 Å². The standard InChI is InChI=1S/C27H31F2N5O2/c1-3-31-25(26(35)33-22-6-8-23(9-7-22)36-27(28)29)24-14-20(5-4-18(24)2)21-15-32-34(17-21)16-19-10-12-30-13-11-19/h4-9,14-15,17,19,27,30H,3,10-13,16H2,1-2H3,(H,33,35). The summed E-state index contributed by atoms with van der Waals surface area (Å²) in [6.07, 6.45) is 6.21. The maximum absolute atomic E-state index is 13.2. The number of halogens is 2. The van der Waals surface area contributed by atoms with Crippen molar-refractivity contribution in [3.8, 4) is 16.9 Å². The van der Waals surface area contributed by atoms with Gasteiger partial charge in [0.15, 0.2) is 0 Å². The van der Waals surface area contributed by atoms with Gasteiger partial charge >= 0.3 is 6.61 Å². The Morgan fingerprint density at radius 3 is 2.64 bits per heavy atom. The largest absolute Gasteiger partial charge is 0.435 e. The van der Waals surface area contributed by atoms with E-state index in [9.17, 15) is 13.6 Å². The van der Waals surface area contributed by atoms with Gasteiger partial charge in [-0.3, -0.25) is 14.5 Å². The van der Waals surface area contributed by atoms with E-state index in [1.165, 1.54) is 24.3 Å². The number of hydrogen-bond acceptors (Lipinski definition) is 5. The molecular weight excluding hydrogens is 464 g/mol. The predicted octanol–water partition coefficient (Wildman–Crippen LogP) is 4.91. The van der Waals surface area contributed by atoms with Crippen molar-refractivity contribution in [2.24, 2.45) is 10.9 Å². The average molecular weight is 496 g/mol. The second kappa shape index (κ2) is 11.9. The second-order valence-corrected chi connectivity index (χ2v) is 8.85. The molecule has 3 aromatic rings. The summed E-state index contributed by atoms with van der Waals surface area (Å²) >= 11 is 0. The van der Waals surface area contributed by atoms with E-state index >= 15 is 0 Å². The Hall–Kier alpha value is -3.59. The maximum atomic E-state index is 13.2. The number of carbonyl (C=O) groups is 1. The number of carbonyl (C=O) groups excluding carboxylic acids is 1. The Balaban J connectivity index is 1.52. The molecule has 9 heteroatoms. The second-order valence-electron chi connectivity index (χ2n) is 8.85. The van der Waals surface area contributed by atoms with Crippen LogP contribution in [0, 0.1) is 12.8 Å². The van der Waals surface area contributed by atoms with Crippen LogP contribution in [0.3, 0.4) is 0 Å². The van der Waals surface area contributed by atoms with E-state index in [1.807, 2.05) is 42.9 Å². The normalized spacial score (nSPS) is 14.8. The van der Waals surface area contributed by atoms with Gasteiger partial charge in [-0.25, -0.2) is 0 Å². The molecule has 0 aliphatic carbocycles. The van der Waals surface area contributed by atoms with Gasteiger partial charge in [-0.2, -0.15) is 13.9 Å². The van der Waals surface area contributed by atoms with Crippen LogP contribution in [0.25, 0.3) is 11.1 Å². The average Bonchev–Trinajstić information content (AvgIpc) is 3.33. The van der Waals surface area contributed by atoms with Crippen LogP contribution in [0.5, 0.6) is 5.75 Å². The minimum atomic E-state index is -2.90. The predicted molar refractivity (Wildman–Crippen MR) is 137 cm³/mol. The summed E-state index contributed by atoms with van der Waals surface area (Å²) in [5, 5.41) is 10.8. The summed E-state index contributed by atoms with van der Waals surface area (Å²) in [7, 11) is 0. The molecule has 0 spiro atoms. The van der Waals surface area contributed by atoms with E-state index < -0.39 is 6.61 Å². The molecule has 2 N–H and O–H groups in total. The number of aromatic nitrogens is 2. The molecule has 0 atom stereocenters. The molecule has 1 aromatic heterocycles. The van der Waals surface area contributed by atoms with Crippen molar-refractivity contribution in [2.75, 3.05) is 25.0 Å². The van der Waals surface area contributed by atoms with Crippen LogP contribution in [-0.2, 0) is 11.3 Å². The van der Waals surface area contributed by atoms with Gasteiger partial charge in [0, 0.05) is 36.1 Å². The van der Waals surface area contributed by atoms with Gasteiger partial charge in [0.2, 0.25) is 0 Å². The number of nitrogens with one attached hydrogen (secondary N) is 2. The first-order chi connectivity index (χ1) is 17.4. The SMILES string of the molecule is CCN=C(C(=O)Nc1ccc(OC(F)F)cc1)c1cc(-c2cnn(CC3CCNCC3)c2)ccc1C. The van der Waals surface area contributed by atoms with Crippen LogP contribution >= 0.6 is 0 Å². The number of nitrogens with zero attached hydrogens (tertiary/aromatic N) is 3. The van der Waals surface area contributed by atoms with Gasteiger partial charge in [0.05, 0.1) is 6.20 Å². The van der Waals surface area contributed by atoms with Gasteiger partial charge in [-0.1, -0.05) is 12.1 Å². The highest BCUT2D eigenvalue weighted by Crippen LogP contribution is 2.25. The van der Waals surface area contributed by atoms with Crippen LogP contribution in [0.1, 0.15) is 30.9 Å². The Kier molecular flexibility index (Phi) is 8.43. The van der Waals surface area contributed by atoms with Crippen molar-refractivity contribution in [1.29, 1.82) is 0 Å². The minimum Gasteiger partial charge on any atom is -0.435 e. The quantitative estimate of drug-likeness (QED) is 0.414. The number of benzene rings is 2. The Morgan fingerprint density at radius 2 is 1.94 bits per heavy atom. The fourth-order valence-electron chi connectivity index (χ4n) is 4.35. The molecule has 0 unspecified atom stereocenters. The molecule has 7 nitrogen and oxygen atoms in total. The molecular formula is C27H31F2N5O2. The van der Waals surface area contributed by atoms with Crippen molar-refractivity contribution >= 4 is 17.3 Å². The summed E-state index contributed by atoms with van der Waals surface area (Å²) in [5.41, 5.74) is 4.36. The first-order valence-corrected chi connectivity index (χ1v) is 12.2. The zero-order valence-corrected chi connectivity index (χ0v) is 20.5. The number of aryl methyl sites for hydroxylation is 1. The number of rotatable bonds is 9. The Labute approximate surface area is 209 Å². The summed E-state index contributed by atoms with van der Waals surface area (Å²) in [4.78, 5) is 17.7. The lowest BCUT2D eigenvalue weighted by molar-refractivity contribution is -0.110. The lowest BCUT2D eigenvalue weighted by Crippen LogP contribution is -2.29. The maximum Gasteiger partial charge on any atom is 0.387 e. The highest BCUT2D eigenvalue weighted by Gasteiger charge is 2.19. The van der Waals surface area contributed by atoms with Gasteiger partial charge in [-0.15, -0.1) is 0 Å². The lowest BCUT2D eigenvalue weighted by Gasteiger charge is -2.22. The molecule has 1 fully saturated rings. The molecule has 0 saturated carbocycles. The van der Waals surface area contributed by atoms with Crippen molar-refractivity contribution < 1.29 is 18.3 Å². The molecule has 2 aromatic carbocycles. The third kappa shape index (κ3) is 6.54. The van der Waals surface area contributed by atoms with Gasteiger partial charge < -0.3 is 15.4 Å². The van der Waals surface area contributed by atoms with Crippen LogP contribution in [0.15, 0.2) is 59.9 Å². The molecule has 36 heavy (non-hydrogen) atoms. The monoisotopic (exact) mass is 495 g/mol. The summed E-state index contributed by atoms with van der Waals surface area (Å²) < 4.78 is 31.2. The number of ether oxygens (including phenoxy) is 1. The fourth-order valence-corrected chi connectivity index (χ4v) is 4.35. The molecule has 1 aliphatic rings. The highest BCUT2D eigenvalue weighted by atomic mass is 19.3. The number of hydrogen-bond donors (Lipinski definition) is 2. The summed E-state index contributed by atoms with van der Waals surface area (Å²) in [5.74, 6) is 0.270. The molecule has 1 amide bonds. The zero-order chi connectivity index (χ0) is 25.5. The van der Waals surface area contributed by atoms with E-state index in [-0.39, 0.29) is 11.7 Å². The summed E-state index contributed by atoms with van der Waals surface area (Å²) in [6.45, 7) is 4.34. The first kappa shape index (κ1) is 25.5. The van der Waals surface area contributed by atoms with Crippen LogP contribution in [-0.4, -0.2) is 47.6 Å². The van der Waals surface area contributed by atoms with Gasteiger partial charge in [-0.05, 0) is 87.2 Å². The summed E-state index contributed by atoms with van der Waals surface area (Å²) in [6, 6.07) is 11.8. The highest BCUT2D eigenvalue weighted by molar-refractivity contribution is 6.49. The first-order valence-electron chi connectivity index (χ1n) is 12.2. The van der Waals surface area contributed by atoms with Gasteiger partial charge in [0.1, 0.15) is 11.5 Å². The third-order valence-corrected chi connectivity index (χ3v) is 6.23. The van der Waals surface area contributed by atoms with Crippen LogP contribution < -0.4 is 15.4 Å². The van der Waals surface area contributed by atoms with Crippen LogP contribution in [0.2, 0.25) is 0 Å². The number of aliphatic imine (C=N–C) groups is 1. The van der Waals surface area contributed by atoms with E-state index in [4.69, 9.17) is 0 Å². The number of alkyl halides is 2. The van der Waals surface area contributed by atoms with Gasteiger partial charge in [0.25, 0.3) is 5.91 Å². The minimum absolute atomic E-state index is 0.0229.